The zero-order chi connectivity index (χ0) is 13.9. The fraction of sp³-hybridized carbons (Fsp3) is 0. The third kappa shape index (κ3) is 2.31. The second kappa shape index (κ2) is 5.01. The number of rotatable bonds is 2. The lowest BCUT2D eigenvalue weighted by Crippen LogP contribution is -2.02. The van der Waals surface area contributed by atoms with Crippen LogP contribution in [0.2, 0.25) is 0 Å². The van der Waals surface area contributed by atoms with E-state index in [0.717, 1.165) is 0 Å². The van der Waals surface area contributed by atoms with Crippen molar-refractivity contribution in [2.75, 3.05) is 0 Å². The summed E-state index contributed by atoms with van der Waals surface area (Å²) in [5.41, 5.74) is 0.698. The molecule has 3 rings (SSSR count). The van der Waals surface area contributed by atoms with E-state index in [2.05, 4.69) is 4.98 Å². The number of aliphatic hydroxyl groups excluding tert-OH is 1. The number of aliphatic hydroxyl groups is 1. The summed E-state index contributed by atoms with van der Waals surface area (Å²) in [4.78, 5) is 16.0. The van der Waals surface area contributed by atoms with Gasteiger partial charge in [0.05, 0.1) is 10.9 Å². The first-order chi connectivity index (χ1) is 9.74. The molecule has 4 heteroatoms. The molecule has 0 saturated heterocycles. The molecule has 0 aliphatic heterocycles. The van der Waals surface area contributed by atoms with Gasteiger partial charge in [0.1, 0.15) is 5.76 Å². The topological polar surface area (TPSA) is 63.3 Å². The summed E-state index contributed by atoms with van der Waals surface area (Å²) in [6.07, 6.45) is 1.34. The van der Waals surface area contributed by atoms with Gasteiger partial charge in [0.15, 0.2) is 0 Å². The summed E-state index contributed by atoms with van der Waals surface area (Å²) < 4.78 is 5.08. The minimum Gasteiger partial charge on any atom is -0.507 e. The Morgan fingerprint density at radius 3 is 2.55 bits per heavy atom. The molecular weight excluding hydrogens is 254 g/mol. The Morgan fingerprint density at radius 1 is 1.05 bits per heavy atom. The van der Waals surface area contributed by atoms with Gasteiger partial charge in [-0.1, -0.05) is 42.5 Å². The van der Waals surface area contributed by atoms with E-state index in [9.17, 15) is 9.90 Å². The molecule has 1 aromatic heterocycles. The highest BCUT2D eigenvalue weighted by Gasteiger charge is 2.05. The van der Waals surface area contributed by atoms with Crippen LogP contribution in [0.5, 0.6) is 0 Å². The van der Waals surface area contributed by atoms with E-state index < -0.39 is 5.63 Å². The van der Waals surface area contributed by atoms with E-state index in [1.54, 1.807) is 36.4 Å². The first-order valence-corrected chi connectivity index (χ1v) is 6.10. The molecule has 1 heterocycles. The molecule has 0 saturated carbocycles. The lowest BCUT2D eigenvalue weighted by Gasteiger charge is -2.00. The van der Waals surface area contributed by atoms with Crippen LogP contribution in [0, 0.1) is 0 Å². The summed E-state index contributed by atoms with van der Waals surface area (Å²) >= 11 is 0. The number of nitrogens with zero attached hydrogens (tertiary/aromatic N) is 1. The Morgan fingerprint density at radius 2 is 1.75 bits per heavy atom. The van der Waals surface area contributed by atoms with Crippen molar-refractivity contribution >= 4 is 22.7 Å². The summed E-state index contributed by atoms with van der Waals surface area (Å²) in [7, 11) is 0. The van der Waals surface area contributed by atoms with Crippen LogP contribution >= 0.6 is 0 Å². The summed E-state index contributed by atoms with van der Waals surface area (Å²) in [6.45, 7) is 0. The predicted molar refractivity (Wildman–Crippen MR) is 77.2 cm³/mol. The van der Waals surface area contributed by atoms with Crippen LogP contribution in [0.3, 0.4) is 0 Å². The van der Waals surface area contributed by atoms with E-state index in [1.165, 1.54) is 6.08 Å². The summed E-state index contributed by atoms with van der Waals surface area (Å²) in [5.74, 6) is 0.0755. The Hall–Kier alpha value is -2.88. The molecule has 0 spiro atoms. The van der Waals surface area contributed by atoms with E-state index in [-0.39, 0.29) is 11.6 Å². The lowest BCUT2D eigenvalue weighted by molar-refractivity contribution is 0.483. The fourth-order valence-corrected chi connectivity index (χ4v) is 1.91. The molecule has 98 valence electrons. The number of fused-ring (bicyclic) bond motifs is 1. The first-order valence-electron chi connectivity index (χ1n) is 6.10. The maximum absolute atomic E-state index is 11.8. The number of benzene rings is 2. The van der Waals surface area contributed by atoms with Gasteiger partial charge >= 0.3 is 5.63 Å². The Labute approximate surface area is 114 Å². The fourth-order valence-electron chi connectivity index (χ4n) is 1.91. The smallest absolute Gasteiger partial charge is 0.347 e. The van der Waals surface area contributed by atoms with Crippen molar-refractivity contribution in [3.63, 3.8) is 0 Å². The minimum atomic E-state index is -0.470. The van der Waals surface area contributed by atoms with E-state index in [1.807, 2.05) is 18.2 Å². The van der Waals surface area contributed by atoms with Crippen LogP contribution in [0.25, 0.3) is 22.7 Å². The number of hydrogen-bond acceptors (Lipinski definition) is 4. The van der Waals surface area contributed by atoms with Gasteiger partial charge in [-0.3, -0.25) is 0 Å². The second-order valence-electron chi connectivity index (χ2n) is 4.25. The van der Waals surface area contributed by atoms with Gasteiger partial charge in [-0.25, -0.2) is 9.78 Å². The Kier molecular flexibility index (Phi) is 3.05. The van der Waals surface area contributed by atoms with Crippen molar-refractivity contribution in [3.05, 3.63) is 76.5 Å². The molecule has 0 bridgehead atoms. The molecule has 1 N–H and O–H groups in total. The van der Waals surface area contributed by atoms with Gasteiger partial charge in [-0.2, -0.15) is 0 Å². The molecule has 4 nitrogen and oxygen atoms in total. The molecule has 2 aromatic carbocycles. The Bertz CT molecular complexity index is 835. The standard InChI is InChI=1S/C16H11NO3/c18-14(11-6-2-1-3-7-11)10-15-17-13-9-5-4-8-12(13)16(19)20-15/h1-10,18H/b14-10+. The van der Waals surface area contributed by atoms with Crippen LogP contribution in [0.1, 0.15) is 11.5 Å². The molecule has 0 atom stereocenters. The molecular formula is C16H11NO3. The van der Waals surface area contributed by atoms with E-state index in [4.69, 9.17) is 4.42 Å². The normalized spacial score (nSPS) is 11.7. The maximum Gasteiger partial charge on any atom is 0.347 e. The first kappa shape index (κ1) is 12.2. The molecule has 0 aliphatic rings. The van der Waals surface area contributed by atoms with Crippen LogP contribution in [0.4, 0.5) is 0 Å². The molecule has 0 unspecified atom stereocenters. The van der Waals surface area contributed by atoms with Crippen molar-refractivity contribution in [3.8, 4) is 0 Å². The number of para-hydroxylation sites is 1. The molecule has 0 amide bonds. The number of aromatic nitrogens is 1. The highest BCUT2D eigenvalue weighted by Crippen LogP contribution is 2.15. The zero-order valence-electron chi connectivity index (χ0n) is 10.5. The van der Waals surface area contributed by atoms with Gasteiger partial charge in [-0.15, -0.1) is 0 Å². The number of hydrogen-bond donors (Lipinski definition) is 1. The van der Waals surface area contributed by atoms with Crippen LogP contribution in [-0.4, -0.2) is 10.1 Å². The van der Waals surface area contributed by atoms with Gasteiger partial charge < -0.3 is 9.52 Å². The van der Waals surface area contributed by atoms with Crippen molar-refractivity contribution in [2.24, 2.45) is 0 Å². The van der Waals surface area contributed by atoms with Gasteiger partial charge in [0.2, 0.25) is 5.89 Å². The third-order valence-electron chi connectivity index (χ3n) is 2.88. The van der Waals surface area contributed by atoms with Crippen molar-refractivity contribution in [2.45, 2.75) is 0 Å². The highest BCUT2D eigenvalue weighted by molar-refractivity contribution is 5.79. The van der Waals surface area contributed by atoms with Crippen LogP contribution < -0.4 is 5.63 Å². The SMILES string of the molecule is O=c1oc(/C=C(/O)c2ccccc2)nc2ccccc12. The average Bonchev–Trinajstić information content (AvgIpc) is 2.48. The molecule has 0 fully saturated rings. The van der Waals surface area contributed by atoms with Gasteiger partial charge in [0.25, 0.3) is 0 Å². The second-order valence-corrected chi connectivity index (χ2v) is 4.25. The van der Waals surface area contributed by atoms with Gasteiger partial charge in [-0.05, 0) is 12.1 Å². The van der Waals surface area contributed by atoms with Crippen molar-refractivity contribution in [1.29, 1.82) is 0 Å². The van der Waals surface area contributed by atoms with Crippen LogP contribution in [-0.2, 0) is 0 Å². The molecule has 0 aliphatic carbocycles. The highest BCUT2D eigenvalue weighted by atomic mass is 16.4. The minimum absolute atomic E-state index is 0.00321. The quantitative estimate of drug-likeness (QED) is 0.722. The van der Waals surface area contributed by atoms with Crippen molar-refractivity contribution in [1.82, 2.24) is 4.98 Å². The maximum atomic E-state index is 11.8. The van der Waals surface area contributed by atoms with Crippen molar-refractivity contribution < 1.29 is 9.52 Å². The average molecular weight is 265 g/mol. The molecule has 0 radical (unpaired) electrons. The van der Waals surface area contributed by atoms with Gasteiger partial charge in [0, 0.05) is 11.6 Å². The third-order valence-corrected chi connectivity index (χ3v) is 2.88. The Balaban J connectivity index is 2.09. The van der Waals surface area contributed by atoms with Crippen LogP contribution in [0.15, 0.2) is 63.8 Å². The summed E-state index contributed by atoms with van der Waals surface area (Å²) in [6, 6.07) is 15.9. The van der Waals surface area contributed by atoms with E-state index >= 15 is 0 Å². The molecule has 20 heavy (non-hydrogen) atoms. The zero-order valence-corrected chi connectivity index (χ0v) is 10.5. The predicted octanol–water partition coefficient (Wildman–Crippen LogP) is 3.24. The summed E-state index contributed by atoms with van der Waals surface area (Å²) in [5, 5.41) is 10.4. The monoisotopic (exact) mass is 265 g/mol. The molecule has 3 aromatic rings. The van der Waals surface area contributed by atoms with E-state index in [0.29, 0.717) is 16.5 Å². The lowest BCUT2D eigenvalue weighted by atomic mass is 10.2. The largest absolute Gasteiger partial charge is 0.507 e.